The Bertz CT molecular complexity index is 243. The molecule has 1 saturated heterocycles. The molecule has 1 aliphatic heterocycles. The van der Waals surface area contributed by atoms with E-state index in [2.05, 4.69) is 20.8 Å². The summed E-state index contributed by atoms with van der Waals surface area (Å²) >= 11 is 0. The second-order valence-electron chi connectivity index (χ2n) is 6.83. The fraction of sp³-hybridized carbons (Fsp3) is 1.00. The molecule has 100 valence electrons. The molecule has 1 saturated carbocycles. The number of aliphatic hydroxyl groups is 1. The molecular formula is C15H28O2. The van der Waals surface area contributed by atoms with Gasteiger partial charge in [0.15, 0.2) is 0 Å². The molecule has 0 amide bonds. The van der Waals surface area contributed by atoms with Crippen LogP contribution in [0.4, 0.5) is 0 Å². The highest BCUT2D eigenvalue weighted by Gasteiger charge is 2.43. The zero-order chi connectivity index (χ0) is 12.5. The van der Waals surface area contributed by atoms with Crippen molar-refractivity contribution in [1.29, 1.82) is 0 Å². The van der Waals surface area contributed by atoms with Gasteiger partial charge in [-0.2, -0.15) is 0 Å². The van der Waals surface area contributed by atoms with Crippen molar-refractivity contribution in [1.82, 2.24) is 0 Å². The van der Waals surface area contributed by atoms with Crippen LogP contribution in [0.3, 0.4) is 0 Å². The quantitative estimate of drug-likeness (QED) is 0.803. The Balaban J connectivity index is 2.02. The summed E-state index contributed by atoms with van der Waals surface area (Å²) in [5.41, 5.74) is 0.222. The Morgan fingerprint density at radius 1 is 1.18 bits per heavy atom. The molecule has 0 bridgehead atoms. The summed E-state index contributed by atoms with van der Waals surface area (Å²) in [4.78, 5) is 0. The summed E-state index contributed by atoms with van der Waals surface area (Å²) in [6.45, 7) is 8.77. The Morgan fingerprint density at radius 2 is 1.94 bits per heavy atom. The highest BCUT2D eigenvalue weighted by atomic mass is 16.5. The Kier molecular flexibility index (Phi) is 4.14. The van der Waals surface area contributed by atoms with Gasteiger partial charge in [0.1, 0.15) is 0 Å². The van der Waals surface area contributed by atoms with Crippen LogP contribution in [-0.4, -0.2) is 24.4 Å². The maximum atomic E-state index is 10.4. The highest BCUT2D eigenvalue weighted by Crippen LogP contribution is 2.46. The molecule has 2 fully saturated rings. The van der Waals surface area contributed by atoms with E-state index in [4.69, 9.17) is 4.74 Å². The lowest BCUT2D eigenvalue weighted by molar-refractivity contribution is -0.0752. The first kappa shape index (κ1) is 13.4. The van der Waals surface area contributed by atoms with Crippen LogP contribution >= 0.6 is 0 Å². The fourth-order valence-corrected chi connectivity index (χ4v) is 3.85. The van der Waals surface area contributed by atoms with E-state index in [9.17, 15) is 5.11 Å². The van der Waals surface area contributed by atoms with Crippen molar-refractivity contribution in [2.75, 3.05) is 13.2 Å². The van der Waals surface area contributed by atoms with Gasteiger partial charge in [0.25, 0.3) is 0 Å². The van der Waals surface area contributed by atoms with Crippen LogP contribution in [-0.2, 0) is 4.74 Å². The Hall–Kier alpha value is -0.0800. The van der Waals surface area contributed by atoms with E-state index < -0.39 is 0 Å². The average molecular weight is 240 g/mol. The minimum atomic E-state index is -0.101. The summed E-state index contributed by atoms with van der Waals surface area (Å²) in [5, 5.41) is 10.4. The maximum Gasteiger partial charge on any atom is 0.0576 e. The summed E-state index contributed by atoms with van der Waals surface area (Å²) in [6.07, 6.45) is 5.81. The van der Waals surface area contributed by atoms with Crippen LogP contribution in [0.1, 0.15) is 52.9 Å². The molecule has 2 rings (SSSR count). The highest BCUT2D eigenvalue weighted by molar-refractivity contribution is 4.92. The van der Waals surface area contributed by atoms with Gasteiger partial charge in [0, 0.05) is 13.2 Å². The van der Waals surface area contributed by atoms with Gasteiger partial charge in [-0.15, -0.1) is 0 Å². The van der Waals surface area contributed by atoms with Crippen molar-refractivity contribution in [3.63, 3.8) is 0 Å². The van der Waals surface area contributed by atoms with E-state index in [1.807, 2.05) is 0 Å². The summed E-state index contributed by atoms with van der Waals surface area (Å²) in [7, 11) is 0. The monoisotopic (exact) mass is 240 g/mol. The molecule has 2 heteroatoms. The summed E-state index contributed by atoms with van der Waals surface area (Å²) < 4.78 is 5.63. The first-order chi connectivity index (χ1) is 8.01. The molecule has 0 spiro atoms. The van der Waals surface area contributed by atoms with Crippen molar-refractivity contribution in [2.24, 2.45) is 23.2 Å². The van der Waals surface area contributed by atoms with E-state index in [0.29, 0.717) is 17.8 Å². The van der Waals surface area contributed by atoms with Crippen LogP contribution in [0.15, 0.2) is 0 Å². The van der Waals surface area contributed by atoms with Crippen molar-refractivity contribution in [3.05, 3.63) is 0 Å². The molecule has 4 atom stereocenters. The summed E-state index contributed by atoms with van der Waals surface area (Å²) in [6, 6.07) is 0. The fourth-order valence-electron chi connectivity index (χ4n) is 3.85. The van der Waals surface area contributed by atoms with Gasteiger partial charge in [-0.3, -0.25) is 0 Å². The predicted molar refractivity (Wildman–Crippen MR) is 69.8 cm³/mol. The number of ether oxygens (including phenoxy) is 1. The van der Waals surface area contributed by atoms with Crippen LogP contribution in [0.2, 0.25) is 0 Å². The second kappa shape index (κ2) is 5.27. The van der Waals surface area contributed by atoms with Crippen molar-refractivity contribution < 1.29 is 9.84 Å². The van der Waals surface area contributed by atoms with Gasteiger partial charge in [-0.1, -0.05) is 27.2 Å². The van der Waals surface area contributed by atoms with Gasteiger partial charge in [0.05, 0.1) is 6.10 Å². The molecule has 0 aromatic rings. The van der Waals surface area contributed by atoms with E-state index in [1.165, 1.54) is 25.7 Å². The minimum absolute atomic E-state index is 0.101. The van der Waals surface area contributed by atoms with Crippen LogP contribution < -0.4 is 0 Å². The zero-order valence-corrected chi connectivity index (χ0v) is 11.6. The molecule has 2 nitrogen and oxygen atoms in total. The van der Waals surface area contributed by atoms with Crippen LogP contribution in [0.25, 0.3) is 0 Å². The van der Waals surface area contributed by atoms with Crippen molar-refractivity contribution in [2.45, 2.75) is 59.0 Å². The second-order valence-corrected chi connectivity index (χ2v) is 6.83. The number of rotatable bonds is 2. The molecule has 4 unspecified atom stereocenters. The number of aliphatic hydroxyl groups excluding tert-OH is 1. The van der Waals surface area contributed by atoms with E-state index in [1.54, 1.807) is 0 Å². The zero-order valence-electron chi connectivity index (χ0n) is 11.6. The van der Waals surface area contributed by atoms with Crippen LogP contribution in [0.5, 0.6) is 0 Å². The largest absolute Gasteiger partial charge is 0.393 e. The minimum Gasteiger partial charge on any atom is -0.393 e. The molecule has 0 radical (unpaired) electrons. The van der Waals surface area contributed by atoms with Gasteiger partial charge >= 0.3 is 0 Å². The SMILES string of the molecule is CC1CCC(C(C)(C)C2CCCOC2)C(O)C1. The lowest BCUT2D eigenvalue weighted by Gasteiger charge is -2.47. The first-order valence-electron chi connectivity index (χ1n) is 7.27. The van der Waals surface area contributed by atoms with E-state index >= 15 is 0 Å². The van der Waals surface area contributed by atoms with Gasteiger partial charge in [-0.05, 0) is 48.9 Å². The molecule has 0 aromatic carbocycles. The first-order valence-corrected chi connectivity index (χ1v) is 7.27. The maximum absolute atomic E-state index is 10.4. The lowest BCUT2D eigenvalue weighted by atomic mass is 9.61. The van der Waals surface area contributed by atoms with E-state index in [-0.39, 0.29) is 11.5 Å². The Labute approximate surface area is 106 Å². The molecule has 1 N–H and O–H groups in total. The van der Waals surface area contributed by atoms with Crippen molar-refractivity contribution >= 4 is 0 Å². The third kappa shape index (κ3) is 2.85. The third-order valence-corrected chi connectivity index (χ3v) is 5.25. The number of hydrogen-bond donors (Lipinski definition) is 1. The van der Waals surface area contributed by atoms with Gasteiger partial charge < -0.3 is 9.84 Å². The van der Waals surface area contributed by atoms with Gasteiger partial charge in [0.2, 0.25) is 0 Å². The van der Waals surface area contributed by atoms with Crippen molar-refractivity contribution in [3.8, 4) is 0 Å². The normalized spacial score (nSPS) is 40.2. The lowest BCUT2D eigenvalue weighted by Crippen LogP contribution is -2.45. The topological polar surface area (TPSA) is 29.5 Å². The molecule has 2 aliphatic rings. The molecule has 17 heavy (non-hydrogen) atoms. The Morgan fingerprint density at radius 3 is 2.53 bits per heavy atom. The van der Waals surface area contributed by atoms with Crippen LogP contribution in [0, 0.1) is 23.2 Å². The average Bonchev–Trinajstić information content (AvgIpc) is 2.29. The molecular weight excluding hydrogens is 212 g/mol. The molecule has 1 heterocycles. The predicted octanol–water partition coefficient (Wildman–Crippen LogP) is 3.24. The molecule has 1 aliphatic carbocycles. The third-order valence-electron chi connectivity index (χ3n) is 5.25. The van der Waals surface area contributed by atoms with Gasteiger partial charge in [-0.25, -0.2) is 0 Å². The number of hydrogen-bond acceptors (Lipinski definition) is 2. The smallest absolute Gasteiger partial charge is 0.0576 e. The summed E-state index contributed by atoms with van der Waals surface area (Å²) in [5.74, 6) is 1.79. The van der Waals surface area contributed by atoms with E-state index in [0.717, 1.165) is 19.6 Å². The standard InChI is InChI=1S/C15H28O2/c1-11-6-7-13(14(16)9-11)15(2,3)12-5-4-8-17-10-12/h11-14,16H,4-10H2,1-3H3. The molecule has 0 aromatic heterocycles.